The maximum absolute atomic E-state index is 11.6. The highest BCUT2D eigenvalue weighted by atomic mass is 16.5. The van der Waals surface area contributed by atoms with Gasteiger partial charge >= 0.3 is 0 Å². The molecule has 6 nitrogen and oxygen atoms in total. The van der Waals surface area contributed by atoms with Gasteiger partial charge in [0.15, 0.2) is 5.96 Å². The van der Waals surface area contributed by atoms with Gasteiger partial charge in [0.2, 0.25) is 0 Å². The van der Waals surface area contributed by atoms with E-state index in [0.29, 0.717) is 24.8 Å². The van der Waals surface area contributed by atoms with Crippen LogP contribution in [0.4, 0.5) is 0 Å². The SMILES string of the molecule is CN=C(NCc1ccc(C(=O)NC)cc1)NCc1ccc(C)cc1OC1CCCC1. The number of carbonyl (C=O) groups excluding carboxylic acids is 1. The maximum Gasteiger partial charge on any atom is 0.251 e. The maximum atomic E-state index is 11.6. The van der Waals surface area contributed by atoms with Crippen molar-refractivity contribution in [3.05, 3.63) is 64.7 Å². The highest BCUT2D eigenvalue weighted by Gasteiger charge is 2.18. The summed E-state index contributed by atoms with van der Waals surface area (Å²) in [6, 6.07) is 13.9. The van der Waals surface area contributed by atoms with Gasteiger partial charge in [-0.25, -0.2) is 0 Å². The summed E-state index contributed by atoms with van der Waals surface area (Å²) < 4.78 is 6.29. The smallest absolute Gasteiger partial charge is 0.251 e. The van der Waals surface area contributed by atoms with Crippen molar-refractivity contribution >= 4 is 11.9 Å². The van der Waals surface area contributed by atoms with E-state index in [2.05, 4.69) is 46.1 Å². The van der Waals surface area contributed by atoms with Crippen molar-refractivity contribution in [1.82, 2.24) is 16.0 Å². The lowest BCUT2D eigenvalue weighted by Gasteiger charge is -2.18. The molecule has 1 fully saturated rings. The molecule has 160 valence electrons. The molecule has 0 aliphatic heterocycles. The number of aryl methyl sites for hydroxylation is 1. The lowest BCUT2D eigenvalue weighted by Crippen LogP contribution is -2.36. The van der Waals surface area contributed by atoms with Crippen molar-refractivity contribution in [1.29, 1.82) is 0 Å². The first-order valence-electron chi connectivity index (χ1n) is 10.6. The molecule has 3 N–H and O–H groups in total. The number of nitrogens with zero attached hydrogens (tertiary/aromatic N) is 1. The van der Waals surface area contributed by atoms with Crippen LogP contribution in [0.15, 0.2) is 47.5 Å². The Labute approximate surface area is 179 Å². The van der Waals surface area contributed by atoms with E-state index in [-0.39, 0.29) is 5.91 Å². The average molecular weight is 409 g/mol. The third-order valence-corrected chi connectivity index (χ3v) is 5.39. The molecule has 3 rings (SSSR count). The predicted octanol–water partition coefficient (Wildman–Crippen LogP) is 3.54. The van der Waals surface area contributed by atoms with Crippen LogP contribution in [0.2, 0.25) is 0 Å². The second-order valence-electron chi connectivity index (χ2n) is 7.69. The highest BCUT2D eigenvalue weighted by Crippen LogP contribution is 2.27. The van der Waals surface area contributed by atoms with Crippen LogP contribution in [-0.2, 0) is 13.1 Å². The molecule has 30 heavy (non-hydrogen) atoms. The molecule has 0 unspecified atom stereocenters. The molecule has 0 atom stereocenters. The Bertz CT molecular complexity index is 871. The Balaban J connectivity index is 1.55. The quantitative estimate of drug-likeness (QED) is 0.484. The van der Waals surface area contributed by atoms with Gasteiger partial charge < -0.3 is 20.7 Å². The van der Waals surface area contributed by atoms with E-state index in [0.717, 1.165) is 35.7 Å². The van der Waals surface area contributed by atoms with Crippen molar-refractivity contribution in [2.24, 2.45) is 4.99 Å². The zero-order valence-electron chi connectivity index (χ0n) is 18.1. The first-order valence-corrected chi connectivity index (χ1v) is 10.6. The van der Waals surface area contributed by atoms with E-state index in [4.69, 9.17) is 4.74 Å². The molecule has 2 aromatic rings. The topological polar surface area (TPSA) is 74.8 Å². The van der Waals surface area contributed by atoms with E-state index >= 15 is 0 Å². The fourth-order valence-electron chi connectivity index (χ4n) is 3.61. The zero-order chi connectivity index (χ0) is 21.3. The molecule has 0 saturated heterocycles. The second-order valence-corrected chi connectivity index (χ2v) is 7.69. The van der Waals surface area contributed by atoms with Gasteiger partial charge in [-0.05, 0) is 61.9 Å². The number of hydrogen-bond donors (Lipinski definition) is 3. The van der Waals surface area contributed by atoms with Crippen LogP contribution >= 0.6 is 0 Å². The van der Waals surface area contributed by atoms with E-state index in [1.54, 1.807) is 14.1 Å². The minimum atomic E-state index is -0.0827. The second kappa shape index (κ2) is 10.7. The molecule has 1 saturated carbocycles. The van der Waals surface area contributed by atoms with Crippen LogP contribution in [-0.4, -0.2) is 32.1 Å². The van der Waals surface area contributed by atoms with Crippen LogP contribution in [0.1, 0.15) is 52.7 Å². The monoisotopic (exact) mass is 408 g/mol. The van der Waals surface area contributed by atoms with Gasteiger partial charge in [-0.3, -0.25) is 9.79 Å². The molecular weight excluding hydrogens is 376 g/mol. The average Bonchev–Trinajstić information content (AvgIpc) is 3.28. The van der Waals surface area contributed by atoms with Crippen molar-refractivity contribution in [2.45, 2.75) is 51.8 Å². The third kappa shape index (κ3) is 5.99. The van der Waals surface area contributed by atoms with Gasteiger partial charge in [-0.15, -0.1) is 0 Å². The predicted molar refractivity (Wildman–Crippen MR) is 121 cm³/mol. The zero-order valence-corrected chi connectivity index (χ0v) is 18.1. The van der Waals surface area contributed by atoms with Crippen LogP contribution in [0, 0.1) is 6.92 Å². The fraction of sp³-hybridized carbons (Fsp3) is 0.417. The first-order chi connectivity index (χ1) is 14.6. The fourth-order valence-corrected chi connectivity index (χ4v) is 3.61. The van der Waals surface area contributed by atoms with E-state index in [1.165, 1.54) is 18.4 Å². The van der Waals surface area contributed by atoms with Crippen molar-refractivity contribution in [3.8, 4) is 5.75 Å². The first kappa shape index (κ1) is 21.7. The number of nitrogens with one attached hydrogen (secondary N) is 3. The van der Waals surface area contributed by atoms with Crippen LogP contribution in [0.5, 0.6) is 5.75 Å². The summed E-state index contributed by atoms with van der Waals surface area (Å²) in [5.41, 5.74) is 4.06. The van der Waals surface area contributed by atoms with Gasteiger partial charge in [0.05, 0.1) is 6.10 Å². The van der Waals surface area contributed by atoms with Crippen molar-refractivity contribution in [2.75, 3.05) is 14.1 Å². The summed E-state index contributed by atoms with van der Waals surface area (Å²) in [7, 11) is 3.39. The molecule has 1 amide bonds. The van der Waals surface area contributed by atoms with Crippen LogP contribution in [0.25, 0.3) is 0 Å². The van der Waals surface area contributed by atoms with Gasteiger partial charge in [0, 0.05) is 38.3 Å². The Kier molecular flexibility index (Phi) is 7.71. The minimum Gasteiger partial charge on any atom is -0.490 e. The summed E-state index contributed by atoms with van der Waals surface area (Å²) in [4.78, 5) is 16.0. The molecule has 0 spiro atoms. The number of benzene rings is 2. The minimum absolute atomic E-state index is 0.0827. The number of rotatable bonds is 7. The number of guanidine groups is 1. The Morgan fingerprint density at radius 2 is 1.77 bits per heavy atom. The van der Waals surface area contributed by atoms with Crippen LogP contribution in [0.3, 0.4) is 0 Å². The molecule has 2 aromatic carbocycles. The van der Waals surface area contributed by atoms with Gasteiger partial charge in [0.1, 0.15) is 5.75 Å². The molecule has 0 heterocycles. The summed E-state index contributed by atoms with van der Waals surface area (Å²) in [5, 5.41) is 9.32. The number of hydrogen-bond acceptors (Lipinski definition) is 3. The van der Waals surface area contributed by atoms with Gasteiger partial charge in [-0.2, -0.15) is 0 Å². The normalized spacial score (nSPS) is 14.4. The third-order valence-electron chi connectivity index (χ3n) is 5.39. The molecular formula is C24H32N4O2. The summed E-state index contributed by atoms with van der Waals surface area (Å²) in [6.07, 6.45) is 5.13. The highest BCUT2D eigenvalue weighted by molar-refractivity contribution is 5.93. The molecule has 1 aliphatic rings. The number of amides is 1. The van der Waals surface area contributed by atoms with E-state index in [1.807, 2.05) is 24.3 Å². The van der Waals surface area contributed by atoms with Crippen LogP contribution < -0.4 is 20.7 Å². The lowest BCUT2D eigenvalue weighted by atomic mass is 10.1. The summed E-state index contributed by atoms with van der Waals surface area (Å²) in [5.74, 6) is 1.60. The van der Waals surface area contributed by atoms with Gasteiger partial charge in [0.25, 0.3) is 5.91 Å². The molecule has 0 aromatic heterocycles. The Hall–Kier alpha value is -3.02. The molecule has 1 aliphatic carbocycles. The Morgan fingerprint density at radius 1 is 1.07 bits per heavy atom. The van der Waals surface area contributed by atoms with Crippen molar-refractivity contribution < 1.29 is 9.53 Å². The summed E-state index contributed by atoms with van der Waals surface area (Å²) >= 11 is 0. The number of aliphatic imine (C=N–C) groups is 1. The number of carbonyl (C=O) groups is 1. The van der Waals surface area contributed by atoms with E-state index in [9.17, 15) is 4.79 Å². The number of ether oxygens (including phenoxy) is 1. The molecule has 0 radical (unpaired) electrons. The van der Waals surface area contributed by atoms with Gasteiger partial charge in [-0.1, -0.05) is 24.3 Å². The summed E-state index contributed by atoms with van der Waals surface area (Å²) in [6.45, 7) is 3.35. The lowest BCUT2D eigenvalue weighted by molar-refractivity contribution is 0.0963. The standard InChI is InChI=1S/C24H32N4O2/c1-17-8-11-20(22(14-17)30-21-6-4-5-7-21)16-28-24(26-3)27-15-18-9-12-19(13-10-18)23(29)25-2/h8-14,21H,4-7,15-16H2,1-3H3,(H,25,29)(H2,26,27,28). The molecule has 6 heteroatoms. The largest absolute Gasteiger partial charge is 0.490 e. The Morgan fingerprint density at radius 3 is 2.43 bits per heavy atom. The molecule has 0 bridgehead atoms. The van der Waals surface area contributed by atoms with Crippen molar-refractivity contribution in [3.63, 3.8) is 0 Å². The van der Waals surface area contributed by atoms with E-state index < -0.39 is 0 Å².